The molecule has 0 aliphatic heterocycles. The third kappa shape index (κ3) is 3.32. The van der Waals surface area contributed by atoms with Crippen LogP contribution in [0.5, 0.6) is 5.75 Å². The highest BCUT2D eigenvalue weighted by Crippen LogP contribution is 2.18. The fourth-order valence-electron chi connectivity index (χ4n) is 2.08. The molecule has 19 heavy (non-hydrogen) atoms. The van der Waals surface area contributed by atoms with E-state index >= 15 is 0 Å². The van der Waals surface area contributed by atoms with Gasteiger partial charge in [0.2, 0.25) is 0 Å². The van der Waals surface area contributed by atoms with Crippen LogP contribution in [-0.2, 0) is 26.3 Å². The summed E-state index contributed by atoms with van der Waals surface area (Å²) < 4.78 is 7.18. The van der Waals surface area contributed by atoms with Crippen molar-refractivity contribution in [3.05, 3.63) is 41.5 Å². The molecule has 0 saturated carbocycles. The fraction of sp³-hybridized carbons (Fsp3) is 0.429. The molecule has 1 aromatic carbocycles. The Bertz CT molecular complexity index is 536. The van der Waals surface area contributed by atoms with E-state index in [1.807, 2.05) is 29.9 Å². The van der Waals surface area contributed by atoms with E-state index in [-0.39, 0.29) is 0 Å². The van der Waals surface area contributed by atoms with Crippen LogP contribution in [0.3, 0.4) is 0 Å². The van der Waals surface area contributed by atoms with Gasteiger partial charge < -0.3 is 10.5 Å². The number of hydrogen-bond acceptors (Lipinski definition) is 4. The molecule has 2 rings (SSSR count). The quantitative estimate of drug-likeness (QED) is 0.845. The summed E-state index contributed by atoms with van der Waals surface area (Å²) in [5.41, 5.74) is 6.71. The van der Waals surface area contributed by atoms with E-state index in [4.69, 9.17) is 10.5 Å². The molecule has 0 unspecified atom stereocenters. The average Bonchev–Trinajstić information content (AvgIpc) is 2.77. The molecule has 0 spiro atoms. The van der Waals surface area contributed by atoms with Gasteiger partial charge in [-0.3, -0.25) is 4.68 Å². The smallest absolute Gasteiger partial charge is 0.152 e. The Kier molecular flexibility index (Phi) is 4.52. The Morgan fingerprint density at radius 3 is 2.74 bits per heavy atom. The van der Waals surface area contributed by atoms with E-state index in [0.717, 1.165) is 36.7 Å². The van der Waals surface area contributed by atoms with Crippen LogP contribution in [0.25, 0.3) is 0 Å². The Hall–Kier alpha value is -1.88. The van der Waals surface area contributed by atoms with E-state index in [9.17, 15) is 0 Å². The SMILES string of the molecule is COc1ccccc1CCc1nc(CCN)nn1C. The zero-order valence-electron chi connectivity index (χ0n) is 11.5. The van der Waals surface area contributed by atoms with E-state index in [1.54, 1.807) is 7.11 Å². The van der Waals surface area contributed by atoms with E-state index in [2.05, 4.69) is 16.1 Å². The highest BCUT2D eigenvalue weighted by atomic mass is 16.5. The van der Waals surface area contributed by atoms with Crippen LogP contribution < -0.4 is 10.5 Å². The van der Waals surface area contributed by atoms with Gasteiger partial charge in [-0.1, -0.05) is 18.2 Å². The minimum atomic E-state index is 0.579. The first kappa shape index (κ1) is 13.5. The van der Waals surface area contributed by atoms with Crippen molar-refractivity contribution in [1.29, 1.82) is 0 Å². The van der Waals surface area contributed by atoms with Crippen LogP contribution in [0.4, 0.5) is 0 Å². The first-order valence-electron chi connectivity index (χ1n) is 6.45. The molecule has 2 aromatic rings. The number of rotatable bonds is 6. The van der Waals surface area contributed by atoms with Crippen molar-refractivity contribution in [2.45, 2.75) is 19.3 Å². The average molecular weight is 260 g/mol. The van der Waals surface area contributed by atoms with Crippen LogP contribution in [0.1, 0.15) is 17.2 Å². The van der Waals surface area contributed by atoms with Crippen LogP contribution in [0.2, 0.25) is 0 Å². The zero-order valence-corrected chi connectivity index (χ0v) is 11.5. The maximum absolute atomic E-state index is 5.52. The lowest BCUT2D eigenvalue weighted by Crippen LogP contribution is -2.04. The minimum absolute atomic E-state index is 0.579. The summed E-state index contributed by atoms with van der Waals surface area (Å²) in [6, 6.07) is 8.06. The van der Waals surface area contributed by atoms with Gasteiger partial charge in [0, 0.05) is 19.9 Å². The van der Waals surface area contributed by atoms with E-state index in [0.29, 0.717) is 6.54 Å². The first-order valence-corrected chi connectivity index (χ1v) is 6.45. The van der Waals surface area contributed by atoms with Gasteiger partial charge in [-0.15, -0.1) is 0 Å². The van der Waals surface area contributed by atoms with Gasteiger partial charge in [0.05, 0.1) is 7.11 Å². The predicted octanol–water partition coefficient (Wildman–Crippen LogP) is 1.11. The molecule has 0 atom stereocenters. The van der Waals surface area contributed by atoms with Crippen molar-refractivity contribution in [3.63, 3.8) is 0 Å². The van der Waals surface area contributed by atoms with Gasteiger partial charge in [0.15, 0.2) is 5.82 Å². The molecule has 1 heterocycles. The van der Waals surface area contributed by atoms with Gasteiger partial charge in [-0.2, -0.15) is 5.10 Å². The Morgan fingerprint density at radius 1 is 1.21 bits per heavy atom. The third-order valence-corrected chi connectivity index (χ3v) is 3.08. The van der Waals surface area contributed by atoms with Crippen molar-refractivity contribution < 1.29 is 4.74 Å². The summed E-state index contributed by atoms with van der Waals surface area (Å²) in [6.45, 7) is 0.579. The highest BCUT2D eigenvalue weighted by Gasteiger charge is 2.08. The van der Waals surface area contributed by atoms with Crippen LogP contribution in [-0.4, -0.2) is 28.4 Å². The summed E-state index contributed by atoms with van der Waals surface area (Å²) in [7, 11) is 3.62. The Balaban J connectivity index is 2.05. The number of hydrogen-bond donors (Lipinski definition) is 1. The number of aryl methyl sites for hydroxylation is 3. The van der Waals surface area contributed by atoms with Gasteiger partial charge >= 0.3 is 0 Å². The fourth-order valence-corrected chi connectivity index (χ4v) is 2.08. The molecular weight excluding hydrogens is 240 g/mol. The number of benzene rings is 1. The van der Waals surface area contributed by atoms with E-state index in [1.165, 1.54) is 5.56 Å². The number of aromatic nitrogens is 3. The molecule has 0 aliphatic rings. The molecule has 1 aromatic heterocycles. The zero-order chi connectivity index (χ0) is 13.7. The summed E-state index contributed by atoms with van der Waals surface area (Å²) in [6.07, 6.45) is 2.45. The monoisotopic (exact) mass is 260 g/mol. The summed E-state index contributed by atoms with van der Waals surface area (Å²) in [4.78, 5) is 4.50. The molecule has 102 valence electrons. The number of methoxy groups -OCH3 is 1. The maximum atomic E-state index is 5.52. The van der Waals surface area contributed by atoms with Gasteiger partial charge in [0.1, 0.15) is 11.6 Å². The molecule has 0 bridgehead atoms. The molecule has 5 heteroatoms. The second-order valence-corrected chi connectivity index (χ2v) is 4.42. The summed E-state index contributed by atoms with van der Waals surface area (Å²) in [5.74, 6) is 2.72. The second kappa shape index (κ2) is 6.33. The number of ether oxygens (including phenoxy) is 1. The van der Waals surface area contributed by atoms with Crippen molar-refractivity contribution in [3.8, 4) is 5.75 Å². The number of nitrogens with two attached hydrogens (primary N) is 1. The summed E-state index contributed by atoms with van der Waals surface area (Å²) in [5, 5.41) is 4.35. The van der Waals surface area contributed by atoms with Crippen molar-refractivity contribution in [1.82, 2.24) is 14.8 Å². The van der Waals surface area contributed by atoms with Gasteiger partial charge in [-0.25, -0.2) is 4.98 Å². The first-order chi connectivity index (χ1) is 9.24. The van der Waals surface area contributed by atoms with Crippen molar-refractivity contribution >= 4 is 0 Å². The highest BCUT2D eigenvalue weighted by molar-refractivity contribution is 5.33. The second-order valence-electron chi connectivity index (χ2n) is 4.42. The lowest BCUT2D eigenvalue weighted by Gasteiger charge is -2.07. The maximum Gasteiger partial charge on any atom is 0.152 e. The van der Waals surface area contributed by atoms with Gasteiger partial charge in [-0.05, 0) is 24.6 Å². The van der Waals surface area contributed by atoms with Crippen LogP contribution >= 0.6 is 0 Å². The lowest BCUT2D eigenvalue weighted by molar-refractivity contribution is 0.409. The molecule has 0 fully saturated rings. The predicted molar refractivity (Wildman–Crippen MR) is 74.2 cm³/mol. The normalized spacial score (nSPS) is 10.7. The molecule has 5 nitrogen and oxygen atoms in total. The molecule has 0 radical (unpaired) electrons. The largest absolute Gasteiger partial charge is 0.496 e. The topological polar surface area (TPSA) is 66.0 Å². The molecule has 0 amide bonds. The Labute approximate surface area is 113 Å². The minimum Gasteiger partial charge on any atom is -0.496 e. The number of para-hydroxylation sites is 1. The van der Waals surface area contributed by atoms with Gasteiger partial charge in [0.25, 0.3) is 0 Å². The lowest BCUT2D eigenvalue weighted by atomic mass is 10.1. The molecule has 2 N–H and O–H groups in total. The van der Waals surface area contributed by atoms with Crippen molar-refractivity contribution in [2.75, 3.05) is 13.7 Å². The third-order valence-electron chi connectivity index (χ3n) is 3.08. The van der Waals surface area contributed by atoms with Crippen LogP contribution in [0, 0.1) is 0 Å². The molecular formula is C14H20N4O. The number of nitrogens with zero attached hydrogens (tertiary/aromatic N) is 3. The molecule has 0 saturated heterocycles. The summed E-state index contributed by atoms with van der Waals surface area (Å²) >= 11 is 0. The van der Waals surface area contributed by atoms with Crippen LogP contribution in [0.15, 0.2) is 24.3 Å². The molecule has 0 aliphatic carbocycles. The van der Waals surface area contributed by atoms with Crippen molar-refractivity contribution in [2.24, 2.45) is 12.8 Å². The Morgan fingerprint density at radius 2 is 2.00 bits per heavy atom. The standard InChI is InChI=1S/C14H20N4O/c1-18-14(16-13(17-18)9-10-15)8-7-11-5-3-4-6-12(11)19-2/h3-6H,7-10,15H2,1-2H3. The van der Waals surface area contributed by atoms with E-state index < -0.39 is 0 Å².